The Hall–Kier alpha value is -2.90. The van der Waals surface area contributed by atoms with Crippen LogP contribution in [0.15, 0.2) is 36.4 Å². The molecule has 7 nitrogen and oxygen atoms in total. The van der Waals surface area contributed by atoms with Gasteiger partial charge in [0.2, 0.25) is 5.88 Å². The average Bonchev–Trinajstić information content (AvgIpc) is 2.97. The van der Waals surface area contributed by atoms with Crippen LogP contribution in [0.4, 0.5) is 5.69 Å². The highest BCUT2D eigenvalue weighted by Crippen LogP contribution is 2.34. The topological polar surface area (TPSA) is 66.9 Å². The van der Waals surface area contributed by atoms with E-state index < -0.39 is 0 Å². The van der Waals surface area contributed by atoms with Gasteiger partial charge in [0.15, 0.2) is 0 Å². The van der Waals surface area contributed by atoms with E-state index in [9.17, 15) is 4.79 Å². The second-order valence-electron chi connectivity index (χ2n) is 11.0. The van der Waals surface area contributed by atoms with E-state index >= 15 is 0 Å². The molecule has 1 N–H and O–H groups in total. The minimum Gasteiger partial charge on any atom is -0.481 e. The molecule has 3 aliphatic rings. The molecule has 7 heteroatoms. The molecule has 2 aliphatic heterocycles. The maximum Gasteiger partial charge on any atom is 0.251 e. The molecule has 1 aromatic heterocycles. The van der Waals surface area contributed by atoms with E-state index in [0.717, 1.165) is 74.5 Å². The van der Waals surface area contributed by atoms with Gasteiger partial charge in [0.05, 0.1) is 20.3 Å². The summed E-state index contributed by atoms with van der Waals surface area (Å²) < 4.78 is 11.2. The van der Waals surface area contributed by atoms with Crippen molar-refractivity contribution in [2.75, 3.05) is 44.9 Å². The predicted molar refractivity (Wildman–Crippen MR) is 156 cm³/mol. The Morgan fingerprint density at radius 3 is 2.67 bits per heavy atom. The SMILES string of the molecule is CCN(c1cccc2c1CC=CCCc1cc(C)nc(OC)c1CNC2=O)C1CCC(N2CCOCC2)CC1. The summed E-state index contributed by atoms with van der Waals surface area (Å²) in [6.45, 7) is 9.42. The molecule has 2 fully saturated rings. The van der Waals surface area contributed by atoms with Gasteiger partial charge in [0.25, 0.3) is 5.91 Å². The van der Waals surface area contributed by atoms with Gasteiger partial charge in [0, 0.05) is 60.8 Å². The molecule has 0 atom stereocenters. The quantitative estimate of drug-likeness (QED) is 0.556. The third-order valence-corrected chi connectivity index (χ3v) is 8.71. The highest BCUT2D eigenvalue weighted by Gasteiger charge is 2.31. The summed E-state index contributed by atoms with van der Waals surface area (Å²) in [6, 6.07) is 9.52. The monoisotopic (exact) mass is 532 g/mol. The number of carbonyl (C=O) groups excluding carboxylic acids is 1. The number of pyridine rings is 1. The highest BCUT2D eigenvalue weighted by molar-refractivity contribution is 5.97. The van der Waals surface area contributed by atoms with Crippen molar-refractivity contribution in [2.24, 2.45) is 0 Å². The van der Waals surface area contributed by atoms with Gasteiger partial charge >= 0.3 is 0 Å². The molecule has 5 rings (SSSR count). The van der Waals surface area contributed by atoms with E-state index in [0.29, 0.717) is 24.5 Å². The molecule has 3 heterocycles. The molecule has 210 valence electrons. The maximum atomic E-state index is 13.6. The second kappa shape index (κ2) is 13.0. The number of amides is 1. The van der Waals surface area contributed by atoms with Crippen molar-refractivity contribution in [2.45, 2.75) is 77.4 Å². The minimum absolute atomic E-state index is 0.0403. The Morgan fingerprint density at radius 2 is 1.92 bits per heavy atom. The fraction of sp³-hybridized carbons (Fsp3) is 0.562. The summed E-state index contributed by atoms with van der Waals surface area (Å²) >= 11 is 0. The van der Waals surface area contributed by atoms with Crippen molar-refractivity contribution in [1.29, 1.82) is 0 Å². The normalized spacial score (nSPS) is 22.6. The molecular weight excluding hydrogens is 488 g/mol. The van der Waals surface area contributed by atoms with Crippen LogP contribution in [0.3, 0.4) is 0 Å². The standard InChI is InChI=1S/C32H44N4O3/c1-4-36(26-15-13-25(14-16-26)35-17-19-39-20-18-35)30-12-8-11-28-27(30)10-7-5-6-9-24-21-23(2)34-32(38-3)29(24)22-33-31(28)37/h5,7-8,11-12,21,25-26H,4,6,9-10,13-20,22H2,1-3H3,(H,33,37). The first-order valence-corrected chi connectivity index (χ1v) is 14.8. The lowest BCUT2D eigenvalue weighted by Crippen LogP contribution is -2.48. The number of aromatic nitrogens is 1. The lowest BCUT2D eigenvalue weighted by atomic mass is 9.88. The van der Waals surface area contributed by atoms with Crippen LogP contribution in [0, 0.1) is 6.92 Å². The summed E-state index contributed by atoms with van der Waals surface area (Å²) in [6.07, 6.45) is 11.9. The number of aryl methyl sites for hydroxylation is 2. The number of hydrogen-bond acceptors (Lipinski definition) is 6. The fourth-order valence-corrected chi connectivity index (χ4v) is 6.71. The molecule has 0 radical (unpaired) electrons. The first kappa shape index (κ1) is 27.7. The highest BCUT2D eigenvalue weighted by atomic mass is 16.5. The van der Waals surface area contributed by atoms with E-state index in [-0.39, 0.29) is 5.91 Å². The van der Waals surface area contributed by atoms with Crippen LogP contribution >= 0.6 is 0 Å². The molecule has 1 aromatic carbocycles. The van der Waals surface area contributed by atoms with E-state index in [1.165, 1.54) is 36.9 Å². The number of fused-ring (bicyclic) bond motifs is 2. The Bertz CT molecular complexity index is 1170. The lowest BCUT2D eigenvalue weighted by molar-refractivity contribution is 0.00730. The van der Waals surface area contributed by atoms with Gasteiger partial charge in [-0.05, 0) is 88.1 Å². The number of methoxy groups -OCH3 is 1. The number of benzene rings is 1. The van der Waals surface area contributed by atoms with Crippen molar-refractivity contribution in [3.8, 4) is 5.88 Å². The van der Waals surface area contributed by atoms with Crippen LogP contribution in [0.1, 0.15) is 71.8 Å². The smallest absolute Gasteiger partial charge is 0.251 e. The molecule has 0 bridgehead atoms. The number of allylic oxidation sites excluding steroid dienone is 2. The van der Waals surface area contributed by atoms with Crippen molar-refractivity contribution < 1.29 is 14.3 Å². The maximum absolute atomic E-state index is 13.6. The molecule has 1 aliphatic carbocycles. The molecule has 1 saturated heterocycles. The summed E-state index contributed by atoms with van der Waals surface area (Å²) in [5.41, 5.74) is 6.18. The van der Waals surface area contributed by atoms with Crippen molar-refractivity contribution in [3.05, 3.63) is 64.4 Å². The molecule has 0 spiro atoms. The molecule has 1 amide bonds. The number of nitrogens with one attached hydrogen (secondary N) is 1. The van der Waals surface area contributed by atoms with E-state index in [4.69, 9.17) is 9.47 Å². The van der Waals surface area contributed by atoms with Crippen LogP contribution in [0.5, 0.6) is 5.88 Å². The van der Waals surface area contributed by atoms with Crippen LogP contribution < -0.4 is 15.0 Å². The molecule has 39 heavy (non-hydrogen) atoms. The average molecular weight is 533 g/mol. The molecule has 0 unspecified atom stereocenters. The van der Waals surface area contributed by atoms with Gasteiger partial charge in [-0.3, -0.25) is 9.69 Å². The number of nitrogens with zero attached hydrogens (tertiary/aromatic N) is 3. The summed E-state index contributed by atoms with van der Waals surface area (Å²) in [7, 11) is 1.65. The summed E-state index contributed by atoms with van der Waals surface area (Å²) in [5.74, 6) is 0.562. The number of carbonyl (C=O) groups is 1. The van der Waals surface area contributed by atoms with Crippen LogP contribution in [-0.2, 0) is 24.1 Å². The summed E-state index contributed by atoms with van der Waals surface area (Å²) in [5, 5.41) is 3.20. The van der Waals surface area contributed by atoms with Gasteiger partial charge in [-0.25, -0.2) is 4.98 Å². The number of hydrogen-bond donors (Lipinski definition) is 1. The molecule has 1 saturated carbocycles. The van der Waals surface area contributed by atoms with Gasteiger partial charge in [0.1, 0.15) is 0 Å². The van der Waals surface area contributed by atoms with Crippen molar-refractivity contribution >= 4 is 11.6 Å². The predicted octanol–water partition coefficient (Wildman–Crippen LogP) is 4.84. The van der Waals surface area contributed by atoms with Crippen LogP contribution in [0.2, 0.25) is 0 Å². The minimum atomic E-state index is -0.0403. The van der Waals surface area contributed by atoms with Crippen molar-refractivity contribution in [3.63, 3.8) is 0 Å². The number of anilines is 1. The number of morpholine rings is 1. The first-order chi connectivity index (χ1) is 19.1. The zero-order chi connectivity index (χ0) is 27.2. The Kier molecular flexibility index (Phi) is 9.20. The van der Waals surface area contributed by atoms with Gasteiger partial charge in [-0.15, -0.1) is 0 Å². The van der Waals surface area contributed by atoms with Gasteiger partial charge in [-0.2, -0.15) is 0 Å². The Balaban J connectivity index is 1.38. The van der Waals surface area contributed by atoms with Gasteiger partial charge < -0.3 is 19.7 Å². The molecular formula is C32H44N4O3. The van der Waals surface area contributed by atoms with Crippen molar-refractivity contribution in [1.82, 2.24) is 15.2 Å². The zero-order valence-corrected chi connectivity index (χ0v) is 23.9. The largest absolute Gasteiger partial charge is 0.481 e. The van der Waals surface area contributed by atoms with Gasteiger partial charge in [-0.1, -0.05) is 18.2 Å². The van der Waals surface area contributed by atoms with E-state index in [1.54, 1.807) is 7.11 Å². The van der Waals surface area contributed by atoms with E-state index in [2.05, 4.69) is 51.3 Å². The first-order valence-electron chi connectivity index (χ1n) is 14.8. The van der Waals surface area contributed by atoms with E-state index in [1.807, 2.05) is 19.1 Å². The second-order valence-corrected chi connectivity index (χ2v) is 11.0. The van der Waals surface area contributed by atoms with Crippen LogP contribution in [0.25, 0.3) is 0 Å². The Morgan fingerprint density at radius 1 is 1.13 bits per heavy atom. The van der Waals surface area contributed by atoms with Crippen LogP contribution in [-0.4, -0.2) is 67.8 Å². The third-order valence-electron chi connectivity index (χ3n) is 8.71. The third kappa shape index (κ3) is 6.30. The molecule has 2 aromatic rings. The zero-order valence-electron chi connectivity index (χ0n) is 23.9. The lowest BCUT2D eigenvalue weighted by Gasteiger charge is -2.43. The number of ether oxygens (including phenoxy) is 2. The fourth-order valence-electron chi connectivity index (χ4n) is 6.71. The Labute approximate surface area is 233 Å². The summed E-state index contributed by atoms with van der Waals surface area (Å²) in [4.78, 5) is 23.4. The number of rotatable bonds is 5.